The van der Waals surface area contributed by atoms with E-state index in [2.05, 4.69) is 41.0 Å². The standard InChI is InChI=1S/C26H15N3O/c27-16-18-13-19(17-28)15-20(14-18)30-26-12-6-5-11-25(26)29-23-9-3-1-7-21(23)22-8-2-4-10-24(22)29/h1-15H. The first-order valence-electron chi connectivity index (χ1n) is 9.49. The molecule has 30 heavy (non-hydrogen) atoms. The number of nitrogens with zero attached hydrogens (tertiary/aromatic N) is 3. The molecule has 140 valence electrons. The van der Waals surface area contributed by atoms with E-state index in [0.717, 1.165) is 16.7 Å². The summed E-state index contributed by atoms with van der Waals surface area (Å²) in [4.78, 5) is 0. The minimum absolute atomic E-state index is 0.387. The normalized spacial score (nSPS) is 10.6. The molecule has 0 atom stereocenters. The minimum Gasteiger partial charge on any atom is -0.455 e. The highest BCUT2D eigenvalue weighted by Gasteiger charge is 2.15. The lowest BCUT2D eigenvalue weighted by Gasteiger charge is -2.14. The van der Waals surface area contributed by atoms with Crippen LogP contribution < -0.4 is 4.74 Å². The Kier molecular flexibility index (Phi) is 4.17. The van der Waals surface area contributed by atoms with Crippen molar-refractivity contribution in [2.24, 2.45) is 0 Å². The van der Waals surface area contributed by atoms with Gasteiger partial charge in [0.05, 0.1) is 40.0 Å². The third-order valence-corrected chi connectivity index (χ3v) is 5.08. The van der Waals surface area contributed by atoms with Crippen LogP contribution >= 0.6 is 0 Å². The largest absolute Gasteiger partial charge is 0.455 e. The summed E-state index contributed by atoms with van der Waals surface area (Å²) >= 11 is 0. The third-order valence-electron chi connectivity index (χ3n) is 5.08. The van der Waals surface area contributed by atoms with Gasteiger partial charge in [0.25, 0.3) is 0 Å². The molecule has 0 radical (unpaired) electrons. The fourth-order valence-corrected chi connectivity index (χ4v) is 3.82. The van der Waals surface area contributed by atoms with Crippen LogP contribution in [-0.4, -0.2) is 4.57 Å². The minimum atomic E-state index is 0.387. The molecule has 0 aliphatic heterocycles. The predicted octanol–water partition coefficient (Wildman–Crippen LogP) is 6.32. The van der Waals surface area contributed by atoms with Crippen LogP contribution in [0.4, 0.5) is 0 Å². The molecule has 0 fully saturated rings. The highest BCUT2D eigenvalue weighted by molar-refractivity contribution is 6.09. The van der Waals surface area contributed by atoms with Crippen LogP contribution in [0.2, 0.25) is 0 Å². The summed E-state index contributed by atoms with van der Waals surface area (Å²) in [5.74, 6) is 1.10. The fraction of sp³-hybridized carbons (Fsp3) is 0. The van der Waals surface area contributed by atoms with Gasteiger partial charge in [0.15, 0.2) is 5.75 Å². The van der Waals surface area contributed by atoms with E-state index in [9.17, 15) is 10.5 Å². The van der Waals surface area contributed by atoms with Gasteiger partial charge in [-0.25, -0.2) is 0 Å². The van der Waals surface area contributed by atoms with Crippen molar-refractivity contribution in [3.05, 3.63) is 102 Å². The summed E-state index contributed by atoms with van der Waals surface area (Å²) in [6.07, 6.45) is 0. The molecule has 0 N–H and O–H groups in total. The zero-order valence-corrected chi connectivity index (χ0v) is 15.9. The summed E-state index contributed by atoms with van der Waals surface area (Å²) in [6.45, 7) is 0. The number of hydrogen-bond acceptors (Lipinski definition) is 3. The third kappa shape index (κ3) is 2.85. The fourth-order valence-electron chi connectivity index (χ4n) is 3.82. The van der Waals surface area contributed by atoms with E-state index in [1.807, 2.05) is 48.5 Å². The summed E-state index contributed by atoms with van der Waals surface area (Å²) in [5.41, 5.74) is 3.82. The number of fused-ring (bicyclic) bond motifs is 3. The van der Waals surface area contributed by atoms with Gasteiger partial charge in [0.1, 0.15) is 5.75 Å². The molecule has 0 aliphatic rings. The van der Waals surface area contributed by atoms with E-state index in [0.29, 0.717) is 22.6 Å². The molecule has 5 rings (SSSR count). The Balaban J connectivity index is 1.73. The topological polar surface area (TPSA) is 61.7 Å². The molecular weight excluding hydrogens is 370 g/mol. The van der Waals surface area contributed by atoms with E-state index in [1.54, 1.807) is 18.2 Å². The average molecular weight is 385 g/mol. The van der Waals surface area contributed by atoms with Crippen LogP contribution in [0.3, 0.4) is 0 Å². The van der Waals surface area contributed by atoms with E-state index in [1.165, 1.54) is 10.8 Å². The van der Waals surface area contributed by atoms with Gasteiger partial charge in [-0.15, -0.1) is 0 Å². The molecule has 1 aromatic heterocycles. The van der Waals surface area contributed by atoms with Gasteiger partial charge in [-0.3, -0.25) is 0 Å². The van der Waals surface area contributed by atoms with Crippen molar-refractivity contribution in [3.8, 4) is 29.3 Å². The van der Waals surface area contributed by atoms with Crippen LogP contribution in [0.15, 0.2) is 91.0 Å². The molecule has 0 aliphatic carbocycles. The van der Waals surface area contributed by atoms with Gasteiger partial charge in [0.2, 0.25) is 0 Å². The Morgan fingerprint density at radius 1 is 0.633 bits per heavy atom. The first kappa shape index (κ1) is 17.6. The number of ether oxygens (including phenoxy) is 1. The number of benzene rings is 4. The maximum atomic E-state index is 9.27. The number of hydrogen-bond donors (Lipinski definition) is 0. The van der Waals surface area contributed by atoms with Crippen molar-refractivity contribution in [2.45, 2.75) is 0 Å². The lowest BCUT2D eigenvalue weighted by atomic mass is 10.1. The predicted molar refractivity (Wildman–Crippen MR) is 117 cm³/mol. The maximum absolute atomic E-state index is 9.27. The molecule has 0 saturated carbocycles. The highest BCUT2D eigenvalue weighted by Crippen LogP contribution is 2.36. The van der Waals surface area contributed by atoms with Crippen LogP contribution in [-0.2, 0) is 0 Å². The molecule has 0 unspecified atom stereocenters. The van der Waals surface area contributed by atoms with E-state index >= 15 is 0 Å². The van der Waals surface area contributed by atoms with Crippen LogP contribution in [0.5, 0.6) is 11.5 Å². The lowest BCUT2D eigenvalue weighted by Crippen LogP contribution is -1.98. The molecule has 4 heteroatoms. The Labute approximate surface area is 173 Å². The smallest absolute Gasteiger partial charge is 0.151 e. The SMILES string of the molecule is N#Cc1cc(C#N)cc(Oc2ccccc2-n2c3ccccc3c3ccccc32)c1. The number of nitriles is 2. The zero-order chi connectivity index (χ0) is 20.5. The number of rotatable bonds is 3. The molecule has 0 saturated heterocycles. The van der Waals surface area contributed by atoms with E-state index in [-0.39, 0.29) is 0 Å². The van der Waals surface area contributed by atoms with Gasteiger partial charge < -0.3 is 9.30 Å². The van der Waals surface area contributed by atoms with E-state index in [4.69, 9.17) is 4.74 Å². The van der Waals surface area contributed by atoms with Crippen LogP contribution in [0, 0.1) is 22.7 Å². The monoisotopic (exact) mass is 385 g/mol. The van der Waals surface area contributed by atoms with Crippen molar-refractivity contribution < 1.29 is 4.74 Å². The van der Waals surface area contributed by atoms with Crippen LogP contribution in [0.1, 0.15) is 11.1 Å². The van der Waals surface area contributed by atoms with Crippen molar-refractivity contribution in [1.29, 1.82) is 10.5 Å². The Morgan fingerprint density at radius 3 is 1.77 bits per heavy atom. The second-order valence-corrected chi connectivity index (χ2v) is 6.91. The summed E-state index contributed by atoms with van der Waals surface area (Å²) in [5, 5.41) is 20.9. The van der Waals surface area contributed by atoms with Crippen molar-refractivity contribution >= 4 is 21.8 Å². The summed E-state index contributed by atoms with van der Waals surface area (Å²) in [7, 11) is 0. The zero-order valence-electron chi connectivity index (χ0n) is 15.9. The quantitative estimate of drug-likeness (QED) is 0.365. The second-order valence-electron chi connectivity index (χ2n) is 6.91. The van der Waals surface area contributed by atoms with E-state index < -0.39 is 0 Å². The Bertz CT molecular complexity index is 1410. The van der Waals surface area contributed by atoms with Gasteiger partial charge in [-0.2, -0.15) is 10.5 Å². The molecule has 5 aromatic rings. The summed E-state index contributed by atoms with van der Waals surface area (Å²) in [6, 6.07) is 33.3. The highest BCUT2D eigenvalue weighted by atomic mass is 16.5. The average Bonchev–Trinajstić information content (AvgIpc) is 3.13. The molecule has 1 heterocycles. The van der Waals surface area contributed by atoms with Crippen molar-refractivity contribution in [1.82, 2.24) is 4.57 Å². The van der Waals surface area contributed by atoms with Crippen LogP contribution in [0.25, 0.3) is 27.5 Å². The number of para-hydroxylation sites is 4. The van der Waals surface area contributed by atoms with Crippen molar-refractivity contribution in [2.75, 3.05) is 0 Å². The van der Waals surface area contributed by atoms with Gasteiger partial charge in [-0.1, -0.05) is 48.5 Å². The molecule has 0 spiro atoms. The molecule has 4 aromatic carbocycles. The molecule has 4 nitrogen and oxygen atoms in total. The first-order chi connectivity index (χ1) is 14.8. The van der Waals surface area contributed by atoms with Gasteiger partial charge in [0, 0.05) is 10.8 Å². The molecular formula is C26H15N3O. The second kappa shape index (κ2) is 7.13. The number of aromatic nitrogens is 1. The lowest BCUT2D eigenvalue weighted by molar-refractivity contribution is 0.480. The van der Waals surface area contributed by atoms with Crippen molar-refractivity contribution in [3.63, 3.8) is 0 Å². The first-order valence-corrected chi connectivity index (χ1v) is 9.49. The van der Waals surface area contributed by atoms with Gasteiger partial charge in [-0.05, 0) is 42.5 Å². The maximum Gasteiger partial charge on any atom is 0.151 e. The summed E-state index contributed by atoms with van der Waals surface area (Å²) < 4.78 is 8.37. The Hall–Kier alpha value is -4.54. The molecule has 0 amide bonds. The Morgan fingerprint density at radius 2 is 1.17 bits per heavy atom. The van der Waals surface area contributed by atoms with Gasteiger partial charge >= 0.3 is 0 Å². The molecule has 0 bridgehead atoms.